The van der Waals surface area contributed by atoms with Crippen molar-refractivity contribution in [2.75, 3.05) is 11.9 Å². The van der Waals surface area contributed by atoms with E-state index >= 15 is 0 Å². The highest BCUT2D eigenvalue weighted by atomic mass is 79.9. The Bertz CT molecular complexity index is 279. The van der Waals surface area contributed by atoms with Crippen molar-refractivity contribution in [3.8, 4) is 0 Å². The van der Waals surface area contributed by atoms with Crippen LogP contribution < -0.4 is 0 Å². The van der Waals surface area contributed by atoms with E-state index in [0.717, 1.165) is 29.5 Å². The number of amides is 1. The molecule has 1 fully saturated rings. The number of carbonyl (C=O) groups is 1. The minimum atomic E-state index is -4.31. The smallest absolute Gasteiger partial charge is 0.331 e. The van der Waals surface area contributed by atoms with Gasteiger partial charge in [-0.05, 0) is 38.5 Å². The predicted octanol–water partition coefficient (Wildman–Crippen LogP) is 3.74. The number of rotatable bonds is 7. The third-order valence-corrected chi connectivity index (χ3v) is 3.80. The Morgan fingerprint density at radius 2 is 2.00 bits per heavy atom. The molecule has 0 heterocycles. The molecule has 1 saturated carbocycles. The maximum atomic E-state index is 12.5. The van der Waals surface area contributed by atoms with Gasteiger partial charge in [0, 0.05) is 17.8 Å². The number of carbonyl (C=O) groups excluding carboxylic acids is 1. The van der Waals surface area contributed by atoms with Gasteiger partial charge in [-0.2, -0.15) is 13.2 Å². The van der Waals surface area contributed by atoms with Crippen LogP contribution in [0.4, 0.5) is 13.2 Å². The molecule has 6 heteroatoms. The average molecular weight is 330 g/mol. The van der Waals surface area contributed by atoms with Crippen LogP contribution in [-0.4, -0.2) is 34.9 Å². The molecule has 0 bridgehead atoms. The van der Waals surface area contributed by atoms with Gasteiger partial charge in [0.15, 0.2) is 0 Å². The second-order valence-corrected chi connectivity index (χ2v) is 5.65. The lowest BCUT2D eigenvalue weighted by Crippen LogP contribution is -2.45. The quantitative estimate of drug-likeness (QED) is 0.514. The molecular weight excluding hydrogens is 311 g/mol. The molecule has 0 N–H and O–H groups in total. The highest BCUT2D eigenvalue weighted by Crippen LogP contribution is 2.36. The lowest BCUT2D eigenvalue weighted by atomic mass is 10.1. The predicted molar refractivity (Wildman–Crippen MR) is 67.6 cm³/mol. The van der Waals surface area contributed by atoms with E-state index < -0.39 is 12.7 Å². The topological polar surface area (TPSA) is 20.3 Å². The van der Waals surface area contributed by atoms with Gasteiger partial charge in [0.1, 0.15) is 6.54 Å². The van der Waals surface area contributed by atoms with Crippen molar-refractivity contribution in [1.82, 2.24) is 4.90 Å². The lowest BCUT2D eigenvalue weighted by molar-refractivity contribution is -0.166. The Hall–Kier alpha value is -0.260. The molecule has 1 unspecified atom stereocenters. The summed E-state index contributed by atoms with van der Waals surface area (Å²) in [6.45, 7) is 0.615. The zero-order chi connectivity index (χ0) is 13.8. The number of unbranched alkanes of at least 4 members (excludes halogenated alkanes) is 1. The normalized spacial score (nSPS) is 17.6. The summed E-state index contributed by atoms with van der Waals surface area (Å²) in [6, 6.07) is -0.289. The van der Waals surface area contributed by atoms with E-state index in [2.05, 4.69) is 15.9 Å². The monoisotopic (exact) mass is 329 g/mol. The van der Waals surface area contributed by atoms with Crippen LogP contribution in [0.15, 0.2) is 0 Å². The van der Waals surface area contributed by atoms with E-state index in [1.165, 1.54) is 0 Å². The van der Waals surface area contributed by atoms with Gasteiger partial charge in [-0.3, -0.25) is 4.79 Å². The molecule has 1 amide bonds. The minimum absolute atomic E-state index is 0.207. The van der Waals surface area contributed by atoms with Crippen molar-refractivity contribution in [2.45, 2.75) is 51.2 Å². The second kappa shape index (κ2) is 6.78. The van der Waals surface area contributed by atoms with Gasteiger partial charge in [-0.1, -0.05) is 15.9 Å². The first-order valence-corrected chi connectivity index (χ1v) is 7.39. The Morgan fingerprint density at radius 1 is 1.39 bits per heavy atom. The summed E-state index contributed by atoms with van der Waals surface area (Å²) in [7, 11) is 0. The Morgan fingerprint density at radius 3 is 2.44 bits per heavy atom. The summed E-state index contributed by atoms with van der Waals surface area (Å²) in [4.78, 5) is 12.9. The van der Waals surface area contributed by atoms with Crippen molar-refractivity contribution >= 4 is 21.8 Å². The van der Waals surface area contributed by atoms with Crippen LogP contribution in [0.5, 0.6) is 0 Å². The first-order valence-electron chi connectivity index (χ1n) is 6.27. The van der Waals surface area contributed by atoms with Crippen LogP contribution in [-0.2, 0) is 4.79 Å². The van der Waals surface area contributed by atoms with E-state index in [9.17, 15) is 18.0 Å². The van der Waals surface area contributed by atoms with Gasteiger partial charge >= 0.3 is 6.18 Å². The van der Waals surface area contributed by atoms with Crippen molar-refractivity contribution < 1.29 is 18.0 Å². The molecule has 0 spiro atoms. The fourth-order valence-corrected chi connectivity index (χ4v) is 2.40. The summed E-state index contributed by atoms with van der Waals surface area (Å²) >= 11 is 3.24. The van der Waals surface area contributed by atoms with Crippen molar-refractivity contribution in [2.24, 2.45) is 5.92 Å². The maximum Gasteiger partial charge on any atom is 0.406 e. The van der Waals surface area contributed by atoms with E-state index in [1.807, 2.05) is 0 Å². The number of nitrogens with zero attached hydrogens (tertiary/aromatic N) is 1. The first-order chi connectivity index (χ1) is 8.35. The van der Waals surface area contributed by atoms with Crippen molar-refractivity contribution in [1.29, 1.82) is 0 Å². The van der Waals surface area contributed by atoms with Crippen LogP contribution in [0.3, 0.4) is 0 Å². The Balaban J connectivity index is 2.55. The minimum Gasteiger partial charge on any atom is -0.331 e. The molecule has 0 radical (unpaired) electrons. The van der Waals surface area contributed by atoms with E-state index in [4.69, 9.17) is 0 Å². The number of hydrogen-bond acceptors (Lipinski definition) is 1. The van der Waals surface area contributed by atoms with Crippen LogP contribution >= 0.6 is 15.9 Å². The zero-order valence-corrected chi connectivity index (χ0v) is 12.1. The zero-order valence-electron chi connectivity index (χ0n) is 10.5. The van der Waals surface area contributed by atoms with Crippen LogP contribution in [0.25, 0.3) is 0 Å². The van der Waals surface area contributed by atoms with Gasteiger partial charge in [0.2, 0.25) is 5.91 Å². The summed E-state index contributed by atoms with van der Waals surface area (Å²) in [5, 5.41) is 0.776. The number of hydrogen-bond donors (Lipinski definition) is 0. The lowest BCUT2D eigenvalue weighted by Gasteiger charge is -2.30. The molecule has 0 aromatic carbocycles. The first kappa shape index (κ1) is 15.8. The highest BCUT2D eigenvalue weighted by Gasteiger charge is 2.40. The number of halogens is 4. The third kappa shape index (κ3) is 5.59. The van der Waals surface area contributed by atoms with Crippen LogP contribution in [0, 0.1) is 5.92 Å². The summed E-state index contributed by atoms with van der Waals surface area (Å²) < 4.78 is 37.5. The molecule has 1 rings (SSSR count). The fraction of sp³-hybridized carbons (Fsp3) is 0.917. The molecule has 1 aliphatic rings. The largest absolute Gasteiger partial charge is 0.406 e. The third-order valence-electron chi connectivity index (χ3n) is 3.24. The van der Waals surface area contributed by atoms with Crippen molar-refractivity contribution in [3.63, 3.8) is 0 Å². The molecular formula is C12H19BrF3NO. The molecule has 18 heavy (non-hydrogen) atoms. The summed E-state index contributed by atoms with van der Waals surface area (Å²) in [6.07, 6.45) is -0.791. The molecule has 0 saturated heterocycles. The molecule has 106 valence electrons. The SMILES string of the molecule is CC(C1CC1)N(CC(F)(F)F)C(=O)CCCCBr. The number of alkyl halides is 4. The Labute approximate surface area is 114 Å². The van der Waals surface area contributed by atoms with E-state index in [0.29, 0.717) is 6.42 Å². The second-order valence-electron chi connectivity index (χ2n) is 4.86. The fourth-order valence-electron chi connectivity index (χ4n) is 2.00. The maximum absolute atomic E-state index is 12.5. The van der Waals surface area contributed by atoms with Crippen molar-refractivity contribution in [3.05, 3.63) is 0 Å². The molecule has 2 nitrogen and oxygen atoms in total. The van der Waals surface area contributed by atoms with E-state index in [-0.39, 0.29) is 24.3 Å². The molecule has 0 aliphatic heterocycles. The van der Waals surface area contributed by atoms with Crippen LogP contribution in [0.2, 0.25) is 0 Å². The van der Waals surface area contributed by atoms with E-state index in [1.54, 1.807) is 6.92 Å². The average Bonchev–Trinajstić information content (AvgIpc) is 3.07. The highest BCUT2D eigenvalue weighted by molar-refractivity contribution is 9.09. The van der Waals surface area contributed by atoms with Gasteiger partial charge in [-0.25, -0.2) is 0 Å². The molecule has 0 aromatic heterocycles. The van der Waals surface area contributed by atoms with Gasteiger partial charge in [0.25, 0.3) is 0 Å². The Kier molecular flexibility index (Phi) is 5.95. The summed E-state index contributed by atoms with van der Waals surface area (Å²) in [5.74, 6) is -0.111. The van der Waals surface area contributed by atoms with Crippen LogP contribution in [0.1, 0.15) is 39.0 Å². The van der Waals surface area contributed by atoms with Gasteiger partial charge < -0.3 is 4.90 Å². The molecule has 0 aromatic rings. The summed E-state index contributed by atoms with van der Waals surface area (Å²) in [5.41, 5.74) is 0. The van der Waals surface area contributed by atoms with Gasteiger partial charge in [0.05, 0.1) is 0 Å². The standard InChI is InChI=1S/C12H19BrF3NO/c1-9(10-5-6-10)17(8-12(14,15)16)11(18)4-2-3-7-13/h9-10H,2-8H2,1H3. The molecule has 1 aliphatic carbocycles. The van der Waals surface area contributed by atoms with Gasteiger partial charge in [-0.15, -0.1) is 0 Å². The molecule has 1 atom stereocenters.